The fourth-order valence-electron chi connectivity index (χ4n) is 2.70. The smallest absolute Gasteiger partial charge is 0.243 e. The van der Waals surface area contributed by atoms with Crippen LogP contribution in [0.1, 0.15) is 45.2 Å². The van der Waals surface area contributed by atoms with Gasteiger partial charge in [-0.25, -0.2) is 8.42 Å². The van der Waals surface area contributed by atoms with E-state index in [9.17, 15) is 8.42 Å². The van der Waals surface area contributed by atoms with Crippen molar-refractivity contribution >= 4 is 15.7 Å². The van der Waals surface area contributed by atoms with Crippen molar-refractivity contribution in [2.75, 3.05) is 18.4 Å². The molecule has 120 valence electrons. The van der Waals surface area contributed by atoms with Crippen LogP contribution in [0.2, 0.25) is 0 Å². The molecule has 0 amide bonds. The van der Waals surface area contributed by atoms with E-state index in [0.29, 0.717) is 11.4 Å². The van der Waals surface area contributed by atoms with Crippen molar-refractivity contribution in [1.29, 1.82) is 0 Å². The van der Waals surface area contributed by atoms with Gasteiger partial charge in [-0.05, 0) is 57.4 Å². The van der Waals surface area contributed by atoms with E-state index in [4.69, 9.17) is 0 Å². The van der Waals surface area contributed by atoms with Gasteiger partial charge in [0.05, 0.1) is 4.90 Å². The van der Waals surface area contributed by atoms with Crippen LogP contribution in [0.25, 0.3) is 0 Å². The van der Waals surface area contributed by atoms with Crippen LogP contribution >= 0.6 is 0 Å². The summed E-state index contributed by atoms with van der Waals surface area (Å²) in [4.78, 5) is 0.450. The average molecular weight is 312 g/mol. The minimum atomic E-state index is -3.45. The molecule has 4 nitrogen and oxygen atoms in total. The van der Waals surface area contributed by atoms with E-state index in [0.717, 1.165) is 29.8 Å². The lowest BCUT2D eigenvalue weighted by molar-refractivity contribution is 0.342. The second-order valence-corrected chi connectivity index (χ2v) is 7.26. The molecule has 21 heavy (non-hydrogen) atoms. The summed E-state index contributed by atoms with van der Waals surface area (Å²) in [7, 11) is -3.45. The first-order valence-electron chi connectivity index (χ1n) is 7.66. The van der Waals surface area contributed by atoms with E-state index < -0.39 is 10.0 Å². The predicted molar refractivity (Wildman–Crippen MR) is 89.4 cm³/mol. The maximum atomic E-state index is 13.0. The molecule has 5 heteroatoms. The van der Waals surface area contributed by atoms with Gasteiger partial charge in [0.1, 0.15) is 0 Å². The van der Waals surface area contributed by atoms with Gasteiger partial charge in [0, 0.05) is 24.8 Å². The Morgan fingerprint density at radius 1 is 1.14 bits per heavy atom. The number of hydrogen-bond donors (Lipinski definition) is 1. The van der Waals surface area contributed by atoms with Gasteiger partial charge < -0.3 is 5.32 Å². The highest BCUT2D eigenvalue weighted by molar-refractivity contribution is 7.89. The quantitative estimate of drug-likeness (QED) is 0.837. The molecule has 1 rings (SSSR count). The van der Waals surface area contributed by atoms with E-state index in [-0.39, 0.29) is 6.04 Å². The predicted octanol–water partition coefficient (Wildman–Crippen LogP) is 3.54. The maximum absolute atomic E-state index is 13.0. The highest BCUT2D eigenvalue weighted by Gasteiger charge is 2.29. The Labute approximate surface area is 129 Å². The minimum Gasteiger partial charge on any atom is -0.385 e. The van der Waals surface area contributed by atoms with Crippen molar-refractivity contribution in [3.05, 3.63) is 23.3 Å². The second-order valence-electron chi connectivity index (χ2n) is 5.44. The fourth-order valence-corrected chi connectivity index (χ4v) is 4.83. The fraction of sp³-hybridized carbons (Fsp3) is 0.625. The van der Waals surface area contributed by atoms with Gasteiger partial charge in [-0.15, -0.1) is 0 Å². The van der Waals surface area contributed by atoms with Gasteiger partial charge in [-0.3, -0.25) is 0 Å². The Morgan fingerprint density at radius 2 is 1.67 bits per heavy atom. The third kappa shape index (κ3) is 3.77. The Bertz CT molecular complexity index is 559. The van der Waals surface area contributed by atoms with Crippen molar-refractivity contribution in [2.45, 2.75) is 58.9 Å². The Hall–Kier alpha value is -1.07. The summed E-state index contributed by atoms with van der Waals surface area (Å²) in [5.74, 6) is 0. The Morgan fingerprint density at radius 3 is 2.05 bits per heavy atom. The summed E-state index contributed by atoms with van der Waals surface area (Å²) >= 11 is 0. The van der Waals surface area contributed by atoms with E-state index in [2.05, 4.69) is 5.32 Å². The van der Waals surface area contributed by atoms with Gasteiger partial charge in [-0.2, -0.15) is 4.31 Å². The van der Waals surface area contributed by atoms with E-state index >= 15 is 0 Å². The molecule has 0 aliphatic carbocycles. The zero-order valence-electron chi connectivity index (χ0n) is 14.0. The highest BCUT2D eigenvalue weighted by Crippen LogP contribution is 2.28. The summed E-state index contributed by atoms with van der Waals surface area (Å²) in [6.07, 6.45) is 0.806. The number of rotatable bonds is 7. The molecule has 0 aromatic heterocycles. The van der Waals surface area contributed by atoms with Crippen LogP contribution in [-0.2, 0) is 10.0 Å². The molecule has 0 aliphatic rings. The molecule has 1 atom stereocenters. The first kappa shape index (κ1) is 18.0. The number of benzene rings is 1. The maximum Gasteiger partial charge on any atom is 0.243 e. The van der Waals surface area contributed by atoms with Crippen molar-refractivity contribution in [3.63, 3.8) is 0 Å². The van der Waals surface area contributed by atoms with Crippen LogP contribution in [-0.4, -0.2) is 31.9 Å². The molecule has 0 heterocycles. The van der Waals surface area contributed by atoms with Gasteiger partial charge in [0.25, 0.3) is 0 Å². The number of anilines is 1. The number of nitrogens with zero attached hydrogens (tertiary/aromatic N) is 1. The van der Waals surface area contributed by atoms with Crippen LogP contribution in [0.15, 0.2) is 17.0 Å². The Balaban J connectivity index is 3.37. The molecule has 1 N–H and O–H groups in total. The molecule has 0 saturated heterocycles. The van der Waals surface area contributed by atoms with Crippen molar-refractivity contribution in [1.82, 2.24) is 4.31 Å². The molecule has 0 bridgehead atoms. The molecule has 0 saturated carbocycles. The van der Waals surface area contributed by atoms with Crippen LogP contribution in [0, 0.1) is 13.8 Å². The van der Waals surface area contributed by atoms with Gasteiger partial charge in [0.2, 0.25) is 10.0 Å². The summed E-state index contributed by atoms with van der Waals surface area (Å²) in [6.45, 7) is 12.9. The van der Waals surface area contributed by atoms with Crippen LogP contribution in [0.4, 0.5) is 5.69 Å². The molecule has 0 aliphatic heterocycles. The van der Waals surface area contributed by atoms with E-state index in [1.54, 1.807) is 4.31 Å². The number of aryl methyl sites for hydroxylation is 2. The molecule has 1 aromatic rings. The molecule has 0 spiro atoms. The molecule has 1 unspecified atom stereocenters. The molecule has 0 fully saturated rings. The van der Waals surface area contributed by atoms with Crippen LogP contribution in [0.5, 0.6) is 0 Å². The highest BCUT2D eigenvalue weighted by atomic mass is 32.2. The summed E-state index contributed by atoms with van der Waals surface area (Å²) in [5, 5.41) is 3.24. The molecule has 0 radical (unpaired) electrons. The van der Waals surface area contributed by atoms with E-state index in [1.807, 2.05) is 53.7 Å². The van der Waals surface area contributed by atoms with Crippen molar-refractivity contribution < 1.29 is 8.42 Å². The van der Waals surface area contributed by atoms with Gasteiger partial charge in [-0.1, -0.05) is 13.8 Å². The normalized spacial score (nSPS) is 13.5. The van der Waals surface area contributed by atoms with Crippen LogP contribution in [0.3, 0.4) is 0 Å². The summed E-state index contributed by atoms with van der Waals surface area (Å²) in [6, 6.07) is 3.83. The van der Waals surface area contributed by atoms with Crippen molar-refractivity contribution in [2.24, 2.45) is 0 Å². The van der Waals surface area contributed by atoms with E-state index in [1.165, 1.54) is 0 Å². The van der Waals surface area contributed by atoms with Crippen molar-refractivity contribution in [3.8, 4) is 0 Å². The zero-order chi connectivity index (χ0) is 16.2. The average Bonchev–Trinajstić information content (AvgIpc) is 2.37. The van der Waals surface area contributed by atoms with Gasteiger partial charge >= 0.3 is 0 Å². The van der Waals surface area contributed by atoms with Crippen LogP contribution < -0.4 is 5.32 Å². The Kier molecular flexibility index (Phi) is 6.23. The topological polar surface area (TPSA) is 49.4 Å². The summed E-state index contributed by atoms with van der Waals surface area (Å²) in [5.41, 5.74) is 2.57. The molecule has 1 aromatic carbocycles. The SMILES string of the molecule is CCNc1cc(C)c(S(=O)(=O)N(CC)C(C)CC)c(C)c1. The third-order valence-corrected chi connectivity index (χ3v) is 6.20. The first-order valence-corrected chi connectivity index (χ1v) is 9.10. The lowest BCUT2D eigenvalue weighted by Gasteiger charge is -2.28. The second kappa shape index (κ2) is 7.27. The molecular weight excluding hydrogens is 284 g/mol. The number of nitrogens with one attached hydrogen (secondary N) is 1. The lowest BCUT2D eigenvalue weighted by atomic mass is 10.1. The third-order valence-electron chi connectivity index (χ3n) is 3.80. The first-order chi connectivity index (χ1) is 9.79. The number of sulfonamides is 1. The standard InChI is InChI=1S/C16H28N2O2S/c1-7-14(6)18(9-3)21(19,20)16-12(4)10-15(17-8-2)11-13(16)5/h10-11,14,17H,7-9H2,1-6H3. The van der Waals surface area contributed by atoms with Gasteiger partial charge in [0.15, 0.2) is 0 Å². The number of hydrogen-bond acceptors (Lipinski definition) is 3. The monoisotopic (exact) mass is 312 g/mol. The zero-order valence-corrected chi connectivity index (χ0v) is 14.8. The summed E-state index contributed by atoms with van der Waals surface area (Å²) < 4.78 is 27.6. The molecular formula is C16H28N2O2S. The largest absolute Gasteiger partial charge is 0.385 e. The minimum absolute atomic E-state index is 0.00671. The lowest BCUT2D eigenvalue weighted by Crippen LogP contribution is -2.38.